The van der Waals surface area contributed by atoms with Gasteiger partial charge in [-0.2, -0.15) is 5.10 Å². The maximum atomic E-state index is 14.2. The highest BCUT2D eigenvalue weighted by molar-refractivity contribution is 5.99. The van der Waals surface area contributed by atoms with Crippen LogP contribution in [0.2, 0.25) is 0 Å². The topological polar surface area (TPSA) is 375 Å². The van der Waals surface area contributed by atoms with Crippen LogP contribution in [-0.4, -0.2) is 95.0 Å². The Kier molecular flexibility index (Phi) is 28.2. The molecule has 0 aliphatic heterocycles. The van der Waals surface area contributed by atoms with Crippen molar-refractivity contribution >= 4 is 89.1 Å². The van der Waals surface area contributed by atoms with E-state index in [0.29, 0.717) is 159 Å². The van der Waals surface area contributed by atoms with Crippen molar-refractivity contribution in [1.29, 1.82) is 0 Å². The number of aryl methyl sites for hydroxylation is 4. The van der Waals surface area contributed by atoms with Crippen molar-refractivity contribution in [2.24, 2.45) is 7.05 Å². The third kappa shape index (κ3) is 20.0. The molecule has 4 atom stereocenters. The first-order valence-electron chi connectivity index (χ1n) is 45.5. The first-order valence-corrected chi connectivity index (χ1v) is 45.5. The predicted molar refractivity (Wildman–Crippen MR) is 560 cm³/mol. The number of H-pyrrole nitrogens is 2. The lowest BCUT2D eigenvalue weighted by Gasteiger charge is -2.22. The highest BCUT2D eigenvalue weighted by Crippen LogP contribution is 2.39. The van der Waals surface area contributed by atoms with E-state index in [-0.39, 0.29) is 57.5 Å². The average Bonchev–Trinajstić information content (AvgIpc) is 0.930. The largest absolute Gasteiger partial charge is 0.480 e. The zero-order chi connectivity index (χ0) is 101. The minimum absolute atomic E-state index is 0.137. The molecule has 20 rings (SSSR count). The molecule has 12 heterocycles. The van der Waals surface area contributed by atoms with Crippen LogP contribution in [0.1, 0.15) is 97.9 Å². The monoisotopic (exact) mass is 1900 g/mol. The Bertz CT molecular complexity index is 8880. The second-order valence-corrected chi connectivity index (χ2v) is 33.4. The molecule has 12 aromatic heterocycles. The van der Waals surface area contributed by atoms with Crippen LogP contribution < -0.4 is 59.4 Å². The van der Waals surface area contributed by atoms with E-state index < -0.39 is 0 Å². The average molecular weight is 1900 g/mol. The van der Waals surface area contributed by atoms with E-state index in [1.807, 2.05) is 258 Å². The fourth-order valence-electron chi connectivity index (χ4n) is 17.2. The van der Waals surface area contributed by atoms with Crippen molar-refractivity contribution in [3.05, 3.63) is 458 Å². The lowest BCUT2D eigenvalue weighted by Crippen LogP contribution is -2.26. The summed E-state index contributed by atoms with van der Waals surface area (Å²) in [6.45, 7) is 44.7. The van der Waals surface area contributed by atoms with Crippen LogP contribution in [-0.2, 0) is 7.05 Å². The highest BCUT2D eigenvalue weighted by atomic mass is 16.5. The number of aromatic amines is 2. The van der Waals surface area contributed by atoms with Crippen molar-refractivity contribution in [1.82, 2.24) is 87.9 Å². The molecule has 0 bridgehead atoms. The van der Waals surface area contributed by atoms with Crippen LogP contribution in [0.25, 0.3) is 130 Å². The molecule has 0 radical (unpaired) electrons. The van der Waals surface area contributed by atoms with Gasteiger partial charge in [0.2, 0.25) is 34.2 Å². The van der Waals surface area contributed by atoms with Gasteiger partial charge in [-0.05, 0) is 168 Å². The number of nitrogens with zero attached hydrogens (tertiary/aromatic N) is 20. The van der Waals surface area contributed by atoms with Gasteiger partial charge in [0.05, 0.1) is 109 Å². The Balaban J connectivity index is 0.000000132. The van der Waals surface area contributed by atoms with Crippen molar-refractivity contribution in [2.45, 2.75) is 79.6 Å². The minimum Gasteiger partial charge on any atom is -0.480 e. The summed E-state index contributed by atoms with van der Waals surface area (Å²) in [5.41, 5.74) is 11.2. The first-order chi connectivity index (χ1) is 69.9. The second kappa shape index (κ2) is 42.4. The fourth-order valence-corrected chi connectivity index (χ4v) is 17.2. The zero-order valence-electron chi connectivity index (χ0n) is 79.5. The summed E-state index contributed by atoms with van der Waals surface area (Å²) in [6.07, 6.45) is 10.8. The van der Waals surface area contributed by atoms with E-state index in [0.717, 1.165) is 49.9 Å². The molecule has 706 valence electrons. The summed E-state index contributed by atoms with van der Waals surface area (Å²) in [5, 5.41) is 25.5. The summed E-state index contributed by atoms with van der Waals surface area (Å²) < 4.78 is 13.4. The maximum Gasteiger partial charge on any atom is 0.263 e. The minimum atomic E-state index is -0.378. The molecule has 33 nitrogen and oxygen atoms in total. The van der Waals surface area contributed by atoms with Gasteiger partial charge in [0.25, 0.3) is 27.8 Å². The van der Waals surface area contributed by atoms with Crippen LogP contribution in [0.4, 0.5) is 46.0 Å². The first kappa shape index (κ1) is 95.8. The van der Waals surface area contributed by atoms with E-state index in [4.69, 9.17) is 31.0 Å². The van der Waals surface area contributed by atoms with E-state index in [1.54, 1.807) is 88.2 Å². The van der Waals surface area contributed by atoms with Gasteiger partial charge in [-0.1, -0.05) is 158 Å². The van der Waals surface area contributed by atoms with Crippen LogP contribution >= 0.6 is 0 Å². The van der Waals surface area contributed by atoms with E-state index in [9.17, 15) is 28.8 Å². The van der Waals surface area contributed by atoms with Crippen molar-refractivity contribution < 1.29 is 4.74 Å². The molecule has 0 aliphatic carbocycles. The van der Waals surface area contributed by atoms with E-state index >= 15 is 0 Å². The molecular weight excluding hydrogens is 1810 g/mol. The molecular formula is C111H90N26O7. The summed E-state index contributed by atoms with van der Waals surface area (Å²) >= 11 is 0. The number of methoxy groups -OCH3 is 1. The molecule has 0 saturated heterocycles. The van der Waals surface area contributed by atoms with Crippen LogP contribution in [0.3, 0.4) is 0 Å². The number of hydrogen-bond acceptors (Lipinski definition) is 22. The summed E-state index contributed by atoms with van der Waals surface area (Å²) in [7, 11) is 3.23. The Morgan fingerprint density at radius 3 is 0.993 bits per heavy atom. The Morgan fingerprint density at radius 1 is 0.340 bits per heavy atom. The molecule has 0 saturated carbocycles. The molecule has 6 N–H and O–H groups in total. The smallest absolute Gasteiger partial charge is 0.263 e. The van der Waals surface area contributed by atoms with Gasteiger partial charge in [0.15, 0.2) is 0 Å². The highest BCUT2D eigenvalue weighted by Gasteiger charge is 2.28. The number of pyridine rings is 6. The van der Waals surface area contributed by atoms with E-state index in [1.165, 1.54) is 50.2 Å². The number of benzene rings is 8. The summed E-state index contributed by atoms with van der Waals surface area (Å²) in [5.74, 6) is 4.26. The third-order valence-corrected chi connectivity index (χ3v) is 24.0. The lowest BCUT2D eigenvalue weighted by molar-refractivity contribution is 0.396. The molecule has 144 heavy (non-hydrogen) atoms. The normalized spacial score (nSPS) is 11.7. The van der Waals surface area contributed by atoms with Gasteiger partial charge in [0.1, 0.15) is 46.6 Å². The summed E-state index contributed by atoms with van der Waals surface area (Å²) in [6, 6.07) is 78.7. The number of fused-ring (bicyclic) bond motifs is 4. The standard InChI is InChI=1S/C29H24N6O2.C28H23N7O2.C28H22N6O2.C26H21N7O/c1-18(32-28-23(30-3)17-31-19(2)33-28)25-16-20-10-8-13-22(24-14-9-15-26(36)34(24)4)27(20)29(37)35(25)21-11-6-5-7-12-21;1-17(33-27-23(29-3)15-30-18(2)34-27)24-13-19-9-8-12-21(22-14-32-25(37-4)16-31-22)26(19)28(36)35(24)20-10-6-5-7-11-20;1-17(31-27-23(29-3)16-30-18(2)32-27)24-15-19-9-7-12-21(22-13-8-14-25(35)33-22)26(19)28(36)34(24)20-10-5-4-6-11-20;1-16(30-25-22(27-3)15-28-17(2)31-25)23-14-18-8-7-11-20(21-12-13-29-32-21)24(18)26(34)33(23)19-9-5-4-6-10-19/h5-18H,1-2,4H3,(H,31,32,33);5-17H,1-2,4H3,(H,30,33,34);4-17H,1-2H3,(H,33,35)(H,30,31,32);4-16H,1-2H3,(H,29,32)(H,28,30,31)/t18-;2*17-;16-/m0000/s1. The Labute approximate surface area is 823 Å². The van der Waals surface area contributed by atoms with Crippen LogP contribution in [0.5, 0.6) is 5.88 Å². The maximum absolute atomic E-state index is 14.2. The van der Waals surface area contributed by atoms with Gasteiger partial charge in [0, 0.05) is 124 Å². The molecule has 0 amide bonds. The quantitative estimate of drug-likeness (QED) is 0.0364. The van der Waals surface area contributed by atoms with Gasteiger partial charge in [-0.25, -0.2) is 49.3 Å². The van der Waals surface area contributed by atoms with Crippen LogP contribution in [0.15, 0.2) is 333 Å². The number of anilines is 4. The fraction of sp³-hybridized carbons (Fsp3) is 0.126. The van der Waals surface area contributed by atoms with E-state index in [2.05, 4.69) is 106 Å². The molecule has 20 aromatic rings. The number of nitrogens with one attached hydrogen (secondary N) is 6. The van der Waals surface area contributed by atoms with Gasteiger partial charge in [-0.3, -0.25) is 72.1 Å². The number of rotatable bonds is 21. The molecule has 0 spiro atoms. The number of hydrogen-bond donors (Lipinski definition) is 6. The lowest BCUT2D eigenvalue weighted by atomic mass is 10.0. The predicted octanol–water partition coefficient (Wildman–Crippen LogP) is 20.8. The molecule has 0 fully saturated rings. The van der Waals surface area contributed by atoms with Crippen molar-refractivity contribution in [3.63, 3.8) is 0 Å². The molecule has 0 unspecified atom stereocenters. The van der Waals surface area contributed by atoms with Gasteiger partial charge >= 0.3 is 0 Å². The van der Waals surface area contributed by atoms with Gasteiger partial charge < -0.3 is 35.6 Å². The number of ether oxygens (including phenoxy) is 1. The van der Waals surface area contributed by atoms with Gasteiger partial charge in [-0.15, -0.1) is 0 Å². The second-order valence-electron chi connectivity index (χ2n) is 33.4. The summed E-state index contributed by atoms with van der Waals surface area (Å²) in [4.78, 5) is 141. The Hall–Kier alpha value is -19.9. The molecule has 33 heteroatoms. The van der Waals surface area contributed by atoms with Crippen LogP contribution in [0, 0.1) is 54.0 Å². The molecule has 0 aliphatic rings. The Morgan fingerprint density at radius 2 is 0.667 bits per heavy atom. The van der Waals surface area contributed by atoms with Crippen molar-refractivity contribution in [3.8, 4) is 73.7 Å². The SMILES string of the molecule is [C-]#[N+]c1cnc(C)nc1N[C@@H](C)c1cc2cccc(-c3cccc(=O)[nH]3)c2c(=O)n1-c1ccccc1.[C-]#[N+]c1cnc(C)nc1N[C@@H](C)c1cc2cccc(-c3cccc(=O)n3C)c2c(=O)n1-c1ccccc1.[C-]#[N+]c1cnc(C)nc1N[C@@H](C)c1cc2cccc(-c3ccn[nH]3)c2c(=O)n1-c1ccccc1.[C-]#[N+]c1cnc(C)nc1N[C@@H](C)c1cc2cccc(-c3cnc(OC)cn3)c2c(=O)n1-c1ccccc1. The van der Waals surface area contributed by atoms with Crippen molar-refractivity contribution in [2.75, 3.05) is 28.4 Å². The third-order valence-electron chi connectivity index (χ3n) is 24.0. The molecule has 8 aromatic carbocycles. The number of para-hydroxylation sites is 4. The number of aromatic nitrogens is 18. The zero-order valence-corrected chi connectivity index (χ0v) is 79.5.